The predicted molar refractivity (Wildman–Crippen MR) is 132 cm³/mol. The molecule has 1 heterocycles. The van der Waals surface area contributed by atoms with E-state index in [9.17, 15) is 13.2 Å². The molecule has 9 heteroatoms. The highest BCUT2D eigenvalue weighted by atomic mass is 32.2. The van der Waals surface area contributed by atoms with Crippen molar-refractivity contribution in [1.82, 2.24) is 19.4 Å². The molecule has 0 unspecified atom stereocenters. The molecule has 0 aliphatic heterocycles. The fourth-order valence-corrected chi connectivity index (χ4v) is 5.25. The van der Waals surface area contributed by atoms with Crippen molar-refractivity contribution in [2.45, 2.75) is 38.5 Å². The van der Waals surface area contributed by atoms with Gasteiger partial charge in [0, 0.05) is 25.8 Å². The number of amides is 1. The van der Waals surface area contributed by atoms with Gasteiger partial charge in [0.05, 0.1) is 29.0 Å². The Morgan fingerprint density at radius 1 is 1.12 bits per heavy atom. The summed E-state index contributed by atoms with van der Waals surface area (Å²) in [4.78, 5) is 12.9. The molecule has 1 aromatic heterocycles. The molecule has 182 valence electrons. The summed E-state index contributed by atoms with van der Waals surface area (Å²) in [6.07, 6.45) is 3.48. The van der Waals surface area contributed by atoms with Crippen molar-refractivity contribution >= 4 is 15.9 Å². The molecule has 0 saturated carbocycles. The Kier molecular flexibility index (Phi) is 8.46. The highest BCUT2D eigenvalue weighted by molar-refractivity contribution is 7.89. The number of nitrogens with zero attached hydrogens (tertiary/aromatic N) is 3. The molecule has 0 saturated heterocycles. The summed E-state index contributed by atoms with van der Waals surface area (Å²) in [7, 11) is -2.22. The van der Waals surface area contributed by atoms with Crippen molar-refractivity contribution in [2.24, 2.45) is 0 Å². The third-order valence-corrected chi connectivity index (χ3v) is 7.73. The number of nitrogens with one attached hydrogen (secondary N) is 1. The van der Waals surface area contributed by atoms with E-state index in [1.54, 1.807) is 13.8 Å². The number of para-hydroxylation sites is 1. The second kappa shape index (κ2) is 11.3. The standard InChI is InChI=1S/C25H32N4O4S/c1-5-28(6-2)34(31,32)22-14-15-24(33-4)23(17-22)25(30)26-16-10-11-20-18-29(27-19(20)3)21-12-8-7-9-13-21/h7-9,12-15,17-18H,5-6,10-11,16H2,1-4H3,(H,26,30). The van der Waals surface area contributed by atoms with Gasteiger partial charge in [-0.25, -0.2) is 13.1 Å². The fraction of sp³-hybridized carbons (Fsp3) is 0.360. The van der Waals surface area contributed by atoms with Crippen LogP contribution in [0.3, 0.4) is 0 Å². The van der Waals surface area contributed by atoms with Gasteiger partial charge in [-0.1, -0.05) is 32.0 Å². The smallest absolute Gasteiger partial charge is 0.255 e. The molecule has 0 bridgehead atoms. The van der Waals surface area contributed by atoms with Crippen LogP contribution in [0.2, 0.25) is 0 Å². The Balaban J connectivity index is 1.66. The van der Waals surface area contributed by atoms with Gasteiger partial charge in [0.2, 0.25) is 10.0 Å². The van der Waals surface area contributed by atoms with E-state index in [2.05, 4.69) is 10.4 Å². The Hall–Kier alpha value is -3.17. The van der Waals surface area contributed by atoms with E-state index in [4.69, 9.17) is 4.74 Å². The van der Waals surface area contributed by atoms with Gasteiger partial charge in [-0.2, -0.15) is 9.40 Å². The number of rotatable bonds is 11. The van der Waals surface area contributed by atoms with Crippen molar-refractivity contribution in [3.05, 3.63) is 71.5 Å². The van der Waals surface area contributed by atoms with Crippen molar-refractivity contribution < 1.29 is 17.9 Å². The van der Waals surface area contributed by atoms with Gasteiger partial charge < -0.3 is 10.1 Å². The average Bonchev–Trinajstić information content (AvgIpc) is 3.22. The van der Waals surface area contributed by atoms with E-state index in [1.165, 1.54) is 29.6 Å². The first-order chi connectivity index (χ1) is 16.3. The van der Waals surface area contributed by atoms with Crippen LogP contribution in [0.15, 0.2) is 59.6 Å². The molecule has 3 rings (SSSR count). The van der Waals surface area contributed by atoms with E-state index < -0.39 is 10.0 Å². The van der Waals surface area contributed by atoms with Crippen molar-refractivity contribution in [1.29, 1.82) is 0 Å². The molecule has 1 N–H and O–H groups in total. The molecule has 0 atom stereocenters. The summed E-state index contributed by atoms with van der Waals surface area (Å²) < 4.78 is 34.3. The van der Waals surface area contributed by atoms with Gasteiger partial charge in [0.15, 0.2) is 0 Å². The van der Waals surface area contributed by atoms with Crippen LogP contribution in [-0.4, -0.2) is 55.2 Å². The number of hydrogen-bond donors (Lipinski definition) is 1. The van der Waals surface area contributed by atoms with Gasteiger partial charge in [-0.3, -0.25) is 4.79 Å². The zero-order valence-corrected chi connectivity index (χ0v) is 20.9. The van der Waals surface area contributed by atoms with Crippen LogP contribution in [0.4, 0.5) is 0 Å². The normalized spacial score (nSPS) is 11.6. The molecular weight excluding hydrogens is 452 g/mol. The number of carbonyl (C=O) groups excluding carboxylic acids is 1. The maximum Gasteiger partial charge on any atom is 0.255 e. The summed E-state index contributed by atoms with van der Waals surface area (Å²) in [5.74, 6) is -0.0406. The largest absolute Gasteiger partial charge is 0.496 e. The minimum absolute atomic E-state index is 0.0751. The summed E-state index contributed by atoms with van der Waals surface area (Å²) in [5, 5.41) is 7.46. The molecule has 34 heavy (non-hydrogen) atoms. The molecule has 0 fully saturated rings. The van der Waals surface area contributed by atoms with Crippen LogP contribution in [0.5, 0.6) is 5.75 Å². The minimum atomic E-state index is -3.68. The molecule has 0 radical (unpaired) electrons. The van der Waals surface area contributed by atoms with Crippen LogP contribution in [0.1, 0.15) is 41.9 Å². The zero-order chi connectivity index (χ0) is 24.7. The van der Waals surface area contributed by atoms with E-state index in [0.29, 0.717) is 31.8 Å². The van der Waals surface area contributed by atoms with Crippen LogP contribution >= 0.6 is 0 Å². The average molecular weight is 485 g/mol. The molecule has 8 nitrogen and oxygen atoms in total. The molecule has 0 spiro atoms. The number of methoxy groups -OCH3 is 1. The number of aromatic nitrogens is 2. The van der Waals surface area contributed by atoms with E-state index in [0.717, 1.165) is 23.4 Å². The topological polar surface area (TPSA) is 93.5 Å². The summed E-state index contributed by atoms with van der Waals surface area (Å²) in [6, 6.07) is 14.3. The molecular formula is C25H32N4O4S. The number of benzene rings is 2. The van der Waals surface area contributed by atoms with Gasteiger partial charge in [0.25, 0.3) is 5.91 Å². The fourth-order valence-electron chi connectivity index (χ4n) is 3.77. The second-order valence-corrected chi connectivity index (χ2v) is 9.77. The second-order valence-electron chi connectivity index (χ2n) is 7.83. The molecule has 1 amide bonds. The van der Waals surface area contributed by atoms with Crippen molar-refractivity contribution in [3.63, 3.8) is 0 Å². The van der Waals surface area contributed by atoms with Crippen LogP contribution < -0.4 is 10.1 Å². The van der Waals surface area contributed by atoms with Crippen LogP contribution in [0, 0.1) is 6.92 Å². The number of aryl methyl sites for hydroxylation is 2. The lowest BCUT2D eigenvalue weighted by molar-refractivity contribution is 0.0950. The van der Waals surface area contributed by atoms with E-state index >= 15 is 0 Å². The maximum absolute atomic E-state index is 12.9. The lowest BCUT2D eigenvalue weighted by atomic mass is 10.1. The molecule has 0 aliphatic rings. The molecule has 3 aromatic rings. The molecule has 0 aliphatic carbocycles. The molecule has 2 aromatic carbocycles. The summed E-state index contributed by atoms with van der Waals surface area (Å²) in [5.41, 5.74) is 3.26. The van der Waals surface area contributed by atoms with E-state index in [1.807, 2.05) is 48.1 Å². The first kappa shape index (κ1) is 25.5. The van der Waals surface area contributed by atoms with Crippen molar-refractivity contribution in [3.8, 4) is 11.4 Å². The summed E-state index contributed by atoms with van der Waals surface area (Å²) >= 11 is 0. The van der Waals surface area contributed by atoms with Gasteiger partial charge in [0.1, 0.15) is 5.75 Å². The van der Waals surface area contributed by atoms with Gasteiger partial charge in [-0.05, 0) is 55.7 Å². The number of sulfonamides is 1. The monoisotopic (exact) mass is 484 g/mol. The Bertz CT molecular complexity index is 1220. The Morgan fingerprint density at radius 3 is 2.47 bits per heavy atom. The maximum atomic E-state index is 12.9. The quantitative estimate of drug-likeness (QED) is 0.420. The lowest BCUT2D eigenvalue weighted by Gasteiger charge is -2.19. The predicted octanol–water partition coefficient (Wildman–Crippen LogP) is 3.58. The lowest BCUT2D eigenvalue weighted by Crippen LogP contribution is -2.31. The van der Waals surface area contributed by atoms with Gasteiger partial charge in [-0.15, -0.1) is 0 Å². The first-order valence-corrected chi connectivity index (χ1v) is 12.8. The minimum Gasteiger partial charge on any atom is -0.496 e. The third-order valence-electron chi connectivity index (χ3n) is 5.69. The van der Waals surface area contributed by atoms with Gasteiger partial charge >= 0.3 is 0 Å². The highest BCUT2D eigenvalue weighted by Crippen LogP contribution is 2.24. The zero-order valence-electron chi connectivity index (χ0n) is 20.1. The van der Waals surface area contributed by atoms with Crippen LogP contribution in [0.25, 0.3) is 5.69 Å². The first-order valence-electron chi connectivity index (χ1n) is 11.4. The Morgan fingerprint density at radius 2 is 1.82 bits per heavy atom. The van der Waals surface area contributed by atoms with Crippen LogP contribution in [-0.2, 0) is 16.4 Å². The number of carbonyl (C=O) groups is 1. The van der Waals surface area contributed by atoms with E-state index in [-0.39, 0.29) is 16.4 Å². The number of ether oxygens (including phenoxy) is 1. The third kappa shape index (κ3) is 5.66. The Labute approximate surface area is 201 Å². The SMILES string of the molecule is CCN(CC)S(=O)(=O)c1ccc(OC)c(C(=O)NCCCc2cn(-c3ccccc3)nc2C)c1. The number of hydrogen-bond acceptors (Lipinski definition) is 5. The van der Waals surface area contributed by atoms with Crippen molar-refractivity contribution in [2.75, 3.05) is 26.7 Å². The highest BCUT2D eigenvalue weighted by Gasteiger charge is 2.24. The summed E-state index contributed by atoms with van der Waals surface area (Å²) in [6.45, 7) is 6.68.